The number of nitrogens with one attached hydrogen (secondary N) is 2. The summed E-state index contributed by atoms with van der Waals surface area (Å²) in [6.45, 7) is 4.85. The van der Waals surface area contributed by atoms with Gasteiger partial charge in [-0.25, -0.2) is 4.98 Å². The molecule has 2 amide bonds. The van der Waals surface area contributed by atoms with Crippen molar-refractivity contribution in [1.82, 2.24) is 4.98 Å². The van der Waals surface area contributed by atoms with Crippen LogP contribution in [0.3, 0.4) is 0 Å². The number of rotatable bonds is 6. The minimum absolute atomic E-state index is 0.253. The maximum atomic E-state index is 12.9. The van der Waals surface area contributed by atoms with E-state index in [1.54, 1.807) is 68.4 Å². The molecule has 0 fully saturated rings. The third-order valence-corrected chi connectivity index (χ3v) is 6.75. The Morgan fingerprint density at radius 3 is 2.57 bits per heavy atom. The summed E-state index contributed by atoms with van der Waals surface area (Å²) in [5.41, 5.74) is 1.39. The van der Waals surface area contributed by atoms with Crippen molar-refractivity contribution in [1.29, 1.82) is 10.5 Å². The number of carbonyl (C=O) groups is 2. The average Bonchev–Trinajstić information content (AvgIpc) is 3.26. The van der Waals surface area contributed by atoms with Gasteiger partial charge in [-0.1, -0.05) is 29.0 Å². The van der Waals surface area contributed by atoms with Crippen LogP contribution in [0.2, 0.25) is 5.02 Å². The van der Waals surface area contributed by atoms with E-state index in [-0.39, 0.29) is 17.4 Å². The predicted octanol–water partition coefficient (Wildman–Crippen LogP) is 6.63. The molecule has 0 saturated heterocycles. The Kier molecular flexibility index (Phi) is 7.12. The summed E-state index contributed by atoms with van der Waals surface area (Å²) in [4.78, 5) is 28.6. The van der Waals surface area contributed by atoms with Gasteiger partial charge in [0.05, 0.1) is 21.7 Å². The maximum absolute atomic E-state index is 12.9. The third-order valence-electron chi connectivity index (χ3n) is 5.42. The molecule has 1 aromatic heterocycles. The van der Waals surface area contributed by atoms with Crippen molar-refractivity contribution in [2.24, 2.45) is 0 Å². The lowest BCUT2D eigenvalue weighted by Crippen LogP contribution is -2.17. The number of carbonyl (C=O) groups excluding carboxylic acids is 2. The summed E-state index contributed by atoms with van der Waals surface area (Å²) in [5, 5.41) is 25.5. The first-order valence-electron chi connectivity index (χ1n) is 11.0. The summed E-state index contributed by atoms with van der Waals surface area (Å²) in [7, 11) is 0. The quantitative estimate of drug-likeness (QED) is 0.288. The molecule has 0 unspecified atom stereocenters. The molecule has 0 atom stereocenters. The predicted molar refractivity (Wildman–Crippen MR) is 143 cm³/mol. The van der Waals surface area contributed by atoms with Crippen LogP contribution in [-0.2, 0) is 10.2 Å². The number of nitrogens with zero attached hydrogens (tertiary/aromatic N) is 3. The molecule has 0 radical (unpaired) electrons. The van der Waals surface area contributed by atoms with E-state index in [1.165, 1.54) is 18.3 Å². The second-order valence-corrected chi connectivity index (χ2v) is 10.0. The molecular weight excluding hydrogens is 510 g/mol. The van der Waals surface area contributed by atoms with Gasteiger partial charge in [0.1, 0.15) is 23.1 Å². The van der Waals surface area contributed by atoms with E-state index < -0.39 is 5.41 Å². The lowest BCUT2D eigenvalue weighted by atomic mass is 9.85. The van der Waals surface area contributed by atoms with Crippen LogP contribution in [0.25, 0.3) is 10.2 Å². The molecule has 8 nitrogen and oxygen atoms in total. The zero-order valence-corrected chi connectivity index (χ0v) is 21.6. The lowest BCUT2D eigenvalue weighted by molar-refractivity contribution is -0.114. The zero-order chi connectivity index (χ0) is 26.7. The largest absolute Gasteiger partial charge is 0.456 e. The van der Waals surface area contributed by atoms with E-state index in [0.29, 0.717) is 48.7 Å². The smallest absolute Gasteiger partial charge is 0.255 e. The molecule has 1 heterocycles. The van der Waals surface area contributed by atoms with E-state index in [2.05, 4.69) is 27.8 Å². The van der Waals surface area contributed by atoms with Crippen LogP contribution in [0, 0.1) is 22.7 Å². The van der Waals surface area contributed by atoms with E-state index >= 15 is 0 Å². The number of ether oxygens (including phenoxy) is 1. The Morgan fingerprint density at radius 1 is 1.08 bits per heavy atom. The van der Waals surface area contributed by atoms with Gasteiger partial charge >= 0.3 is 0 Å². The topological polar surface area (TPSA) is 128 Å². The molecule has 184 valence electrons. The van der Waals surface area contributed by atoms with Crippen LogP contribution in [0.1, 0.15) is 42.3 Å². The van der Waals surface area contributed by atoms with Gasteiger partial charge in [0, 0.05) is 29.3 Å². The van der Waals surface area contributed by atoms with E-state index in [9.17, 15) is 20.1 Å². The van der Waals surface area contributed by atoms with Gasteiger partial charge in [-0.05, 0) is 61.9 Å². The molecule has 10 heteroatoms. The van der Waals surface area contributed by atoms with E-state index in [1.807, 2.05) is 0 Å². The summed E-state index contributed by atoms with van der Waals surface area (Å²) >= 11 is 7.45. The highest BCUT2D eigenvalue weighted by Crippen LogP contribution is 2.36. The monoisotopic (exact) mass is 529 g/mol. The van der Waals surface area contributed by atoms with E-state index in [0.717, 1.165) is 0 Å². The Balaban J connectivity index is 1.58. The SMILES string of the molecule is CC(=O)Nc1nc2ccc(Oc3cccc(NC(=O)c4ccc(Cl)c(C(C)(C)C#N)c4)c3)c(C#N)c2s1. The van der Waals surface area contributed by atoms with Gasteiger partial charge in [-0.15, -0.1) is 0 Å². The summed E-state index contributed by atoms with van der Waals surface area (Å²) < 4.78 is 6.57. The number of fused-ring (bicyclic) bond motifs is 1. The normalized spacial score (nSPS) is 10.9. The minimum Gasteiger partial charge on any atom is -0.456 e. The molecule has 0 aliphatic rings. The number of amides is 2. The van der Waals surface area contributed by atoms with Gasteiger partial charge in [0.2, 0.25) is 5.91 Å². The number of halogens is 1. The molecule has 0 aliphatic heterocycles. The number of nitriles is 2. The van der Waals surface area contributed by atoms with Crippen molar-refractivity contribution in [2.45, 2.75) is 26.2 Å². The number of hydrogen-bond donors (Lipinski definition) is 2. The first kappa shape index (κ1) is 25.6. The fourth-order valence-corrected chi connectivity index (χ4v) is 4.89. The summed E-state index contributed by atoms with van der Waals surface area (Å²) in [6, 6.07) is 19.2. The Bertz CT molecular complexity index is 1630. The second-order valence-electron chi connectivity index (χ2n) is 8.61. The summed E-state index contributed by atoms with van der Waals surface area (Å²) in [5.74, 6) is 0.0924. The number of aromatic nitrogens is 1. The van der Waals surface area contributed by atoms with Gasteiger partial charge < -0.3 is 15.4 Å². The standard InChI is InChI=1S/C27H20ClN5O3S/c1-15(34)31-26-33-22-9-10-23(19(13-29)24(22)37-26)36-18-6-4-5-17(12-18)32-25(35)16-7-8-21(28)20(11-16)27(2,3)14-30/h4-12H,1-3H3,(H,32,35)(H,31,33,34). The van der Waals surface area contributed by atoms with Gasteiger partial charge in [0.25, 0.3) is 5.91 Å². The molecular formula is C27H20ClN5O3S. The molecule has 4 rings (SSSR count). The molecule has 3 aromatic carbocycles. The highest BCUT2D eigenvalue weighted by molar-refractivity contribution is 7.22. The zero-order valence-electron chi connectivity index (χ0n) is 20.0. The summed E-state index contributed by atoms with van der Waals surface area (Å²) in [6.07, 6.45) is 0. The minimum atomic E-state index is -0.859. The second kappa shape index (κ2) is 10.3. The number of thiazole rings is 1. The maximum Gasteiger partial charge on any atom is 0.255 e. The van der Waals surface area contributed by atoms with Crippen LogP contribution in [0.5, 0.6) is 11.5 Å². The molecule has 0 aliphatic carbocycles. The third kappa shape index (κ3) is 5.54. The fourth-order valence-electron chi connectivity index (χ4n) is 3.54. The van der Waals surface area contributed by atoms with Crippen LogP contribution in [0.4, 0.5) is 10.8 Å². The van der Waals surface area contributed by atoms with Gasteiger partial charge in [-0.2, -0.15) is 10.5 Å². The van der Waals surface area contributed by atoms with Crippen LogP contribution < -0.4 is 15.4 Å². The Morgan fingerprint density at radius 2 is 1.86 bits per heavy atom. The first-order chi connectivity index (χ1) is 17.6. The van der Waals surface area contributed by atoms with Crippen molar-refractivity contribution >= 4 is 55.8 Å². The number of hydrogen-bond acceptors (Lipinski definition) is 7. The fraction of sp³-hybridized carbons (Fsp3) is 0.148. The van der Waals surface area contributed by atoms with Crippen LogP contribution >= 0.6 is 22.9 Å². The highest BCUT2D eigenvalue weighted by atomic mass is 35.5. The van der Waals surface area contributed by atoms with Gasteiger partial charge in [0.15, 0.2) is 5.13 Å². The average molecular weight is 530 g/mol. The number of anilines is 2. The van der Waals surface area contributed by atoms with Crippen molar-refractivity contribution in [3.8, 4) is 23.6 Å². The molecule has 2 N–H and O–H groups in total. The molecule has 37 heavy (non-hydrogen) atoms. The first-order valence-corrected chi connectivity index (χ1v) is 12.2. The van der Waals surface area contributed by atoms with Crippen LogP contribution in [0.15, 0.2) is 54.6 Å². The lowest BCUT2D eigenvalue weighted by Gasteiger charge is -2.18. The molecule has 0 bridgehead atoms. The van der Waals surface area contributed by atoms with Crippen molar-refractivity contribution < 1.29 is 14.3 Å². The molecule has 0 saturated carbocycles. The van der Waals surface area contributed by atoms with Crippen molar-refractivity contribution in [3.05, 3.63) is 76.3 Å². The molecule has 0 spiro atoms. The highest BCUT2D eigenvalue weighted by Gasteiger charge is 2.24. The van der Waals surface area contributed by atoms with Crippen LogP contribution in [-0.4, -0.2) is 16.8 Å². The van der Waals surface area contributed by atoms with E-state index in [4.69, 9.17) is 16.3 Å². The number of benzene rings is 3. The Labute approximate surface area is 222 Å². The van der Waals surface area contributed by atoms with Crippen molar-refractivity contribution in [2.75, 3.05) is 10.6 Å². The van der Waals surface area contributed by atoms with Gasteiger partial charge in [-0.3, -0.25) is 9.59 Å². The Hall–Kier alpha value is -4.44. The van der Waals surface area contributed by atoms with Crippen molar-refractivity contribution in [3.63, 3.8) is 0 Å². The molecule has 4 aromatic rings.